The average Bonchev–Trinajstić information content (AvgIpc) is 2.54. The Morgan fingerprint density at radius 2 is 0.818 bits per heavy atom. The summed E-state index contributed by atoms with van der Waals surface area (Å²) in [5.41, 5.74) is 0. The maximum Gasteiger partial charge on any atom is -0.00675 e. The van der Waals surface area contributed by atoms with Crippen LogP contribution in [0.1, 0.15) is 103 Å². The van der Waals surface area contributed by atoms with E-state index in [2.05, 4.69) is 24.9 Å². The lowest BCUT2D eigenvalue weighted by molar-refractivity contribution is 0.549. The van der Waals surface area contributed by atoms with E-state index in [0.717, 1.165) is 0 Å². The molecule has 0 heterocycles. The highest BCUT2D eigenvalue weighted by molar-refractivity contribution is 7.99. The van der Waals surface area contributed by atoms with E-state index in [1.807, 2.05) is 11.8 Å². The predicted molar refractivity (Wildman–Crippen MR) is 111 cm³/mol. The molecule has 0 bridgehead atoms. The van der Waals surface area contributed by atoms with Crippen LogP contribution in [0.2, 0.25) is 0 Å². The van der Waals surface area contributed by atoms with Crippen molar-refractivity contribution in [1.29, 1.82) is 0 Å². The quantitative estimate of drug-likeness (QED) is 0.218. The van der Waals surface area contributed by atoms with Crippen molar-refractivity contribution < 1.29 is 0 Å². The molecule has 0 fully saturated rings. The third-order valence-electron chi connectivity index (χ3n) is 4.28. The van der Waals surface area contributed by atoms with Crippen LogP contribution in [-0.2, 0) is 0 Å². The van der Waals surface area contributed by atoms with Crippen LogP contribution in [0.25, 0.3) is 0 Å². The highest BCUT2D eigenvalue weighted by atomic mass is 32.2. The zero-order valence-electron chi connectivity index (χ0n) is 15.5. The van der Waals surface area contributed by atoms with Crippen LogP contribution >= 0.6 is 23.5 Å². The lowest BCUT2D eigenvalue weighted by Crippen LogP contribution is -1.86. The summed E-state index contributed by atoms with van der Waals surface area (Å²) in [6.07, 6.45) is 24.1. The molecule has 0 aliphatic heterocycles. The smallest absolute Gasteiger partial charge is 0.00675 e. The fourth-order valence-electron chi connectivity index (χ4n) is 2.77. The lowest BCUT2D eigenvalue weighted by Gasteiger charge is -2.03. The standard InChI is InChI=1S/C20H42S2/c1-3-4-15-19-22-20-17-14-12-10-8-6-5-7-9-11-13-16-18-21-2/h3-20H2,1-2H3. The van der Waals surface area contributed by atoms with E-state index < -0.39 is 0 Å². The topological polar surface area (TPSA) is 0 Å². The van der Waals surface area contributed by atoms with Crippen LogP contribution in [0.15, 0.2) is 0 Å². The van der Waals surface area contributed by atoms with Crippen LogP contribution in [0, 0.1) is 0 Å². The van der Waals surface area contributed by atoms with E-state index in [-0.39, 0.29) is 0 Å². The van der Waals surface area contributed by atoms with Crippen LogP contribution in [0.5, 0.6) is 0 Å². The molecule has 2 heteroatoms. The Kier molecular flexibility index (Phi) is 22.4. The summed E-state index contributed by atoms with van der Waals surface area (Å²) < 4.78 is 0. The molecule has 22 heavy (non-hydrogen) atoms. The van der Waals surface area contributed by atoms with Gasteiger partial charge in [-0.3, -0.25) is 0 Å². The molecule has 0 rings (SSSR count). The monoisotopic (exact) mass is 346 g/mol. The molecular formula is C20H42S2. The molecule has 0 N–H and O–H groups in total. The van der Waals surface area contributed by atoms with Gasteiger partial charge in [-0.1, -0.05) is 84.0 Å². The van der Waals surface area contributed by atoms with Gasteiger partial charge in [-0.25, -0.2) is 0 Å². The summed E-state index contributed by atoms with van der Waals surface area (Å²) in [6, 6.07) is 0. The Balaban J connectivity index is 2.91. The summed E-state index contributed by atoms with van der Waals surface area (Å²) in [5.74, 6) is 4.16. The Morgan fingerprint density at radius 1 is 0.455 bits per heavy atom. The van der Waals surface area contributed by atoms with E-state index in [9.17, 15) is 0 Å². The van der Waals surface area contributed by atoms with Gasteiger partial charge in [0, 0.05) is 0 Å². The number of unbranched alkanes of at least 4 members (excludes halogenated alkanes) is 13. The van der Waals surface area contributed by atoms with Crippen molar-refractivity contribution in [2.24, 2.45) is 0 Å². The number of hydrogen-bond acceptors (Lipinski definition) is 2. The highest BCUT2D eigenvalue weighted by Gasteiger charge is 1.94. The van der Waals surface area contributed by atoms with Gasteiger partial charge in [0.15, 0.2) is 0 Å². The molecule has 0 aromatic heterocycles. The van der Waals surface area contributed by atoms with E-state index in [4.69, 9.17) is 0 Å². The van der Waals surface area contributed by atoms with E-state index in [0.29, 0.717) is 0 Å². The van der Waals surface area contributed by atoms with Crippen molar-refractivity contribution >= 4 is 23.5 Å². The van der Waals surface area contributed by atoms with E-state index in [1.165, 1.54) is 114 Å². The van der Waals surface area contributed by atoms with Gasteiger partial charge in [-0.2, -0.15) is 23.5 Å². The maximum atomic E-state index is 2.29. The van der Waals surface area contributed by atoms with Gasteiger partial charge >= 0.3 is 0 Å². The molecule has 0 nitrogen and oxygen atoms in total. The van der Waals surface area contributed by atoms with Gasteiger partial charge in [-0.05, 0) is 42.8 Å². The normalized spacial score (nSPS) is 11.2. The number of hydrogen-bond donors (Lipinski definition) is 0. The van der Waals surface area contributed by atoms with Crippen LogP contribution < -0.4 is 0 Å². The van der Waals surface area contributed by atoms with Crippen LogP contribution in [0.4, 0.5) is 0 Å². The van der Waals surface area contributed by atoms with Crippen molar-refractivity contribution in [3.63, 3.8) is 0 Å². The zero-order chi connectivity index (χ0) is 16.1. The van der Waals surface area contributed by atoms with Gasteiger partial charge in [0.25, 0.3) is 0 Å². The van der Waals surface area contributed by atoms with Crippen LogP contribution in [0.3, 0.4) is 0 Å². The average molecular weight is 347 g/mol. The van der Waals surface area contributed by atoms with E-state index in [1.54, 1.807) is 0 Å². The summed E-state index contributed by atoms with van der Waals surface area (Å²) >= 11 is 4.16. The van der Waals surface area contributed by atoms with Crippen molar-refractivity contribution in [3.05, 3.63) is 0 Å². The van der Waals surface area contributed by atoms with Gasteiger partial charge in [0.2, 0.25) is 0 Å². The van der Waals surface area contributed by atoms with Crippen molar-refractivity contribution in [2.45, 2.75) is 103 Å². The van der Waals surface area contributed by atoms with Gasteiger partial charge < -0.3 is 0 Å². The first kappa shape index (κ1) is 22.7. The Hall–Kier alpha value is 0.700. The number of thioether (sulfide) groups is 2. The summed E-state index contributed by atoms with van der Waals surface area (Å²) in [4.78, 5) is 0. The highest BCUT2D eigenvalue weighted by Crippen LogP contribution is 2.14. The first-order valence-corrected chi connectivity index (χ1v) is 12.5. The minimum absolute atomic E-state index is 1.36. The molecule has 0 aliphatic rings. The first-order chi connectivity index (χ1) is 10.9. The molecule has 0 amide bonds. The minimum Gasteiger partial charge on any atom is -0.165 e. The molecule has 0 spiro atoms. The summed E-state index contributed by atoms with van der Waals surface area (Å²) in [7, 11) is 0. The van der Waals surface area contributed by atoms with Gasteiger partial charge in [0.1, 0.15) is 0 Å². The number of rotatable bonds is 19. The maximum absolute atomic E-state index is 2.29. The second kappa shape index (κ2) is 21.7. The molecule has 0 aliphatic carbocycles. The molecule has 0 radical (unpaired) electrons. The lowest BCUT2D eigenvalue weighted by atomic mass is 10.1. The predicted octanol–water partition coefficient (Wildman–Crippen LogP) is 7.95. The van der Waals surface area contributed by atoms with Crippen molar-refractivity contribution in [3.8, 4) is 0 Å². The second-order valence-electron chi connectivity index (χ2n) is 6.55. The van der Waals surface area contributed by atoms with E-state index >= 15 is 0 Å². The Labute approximate surface area is 150 Å². The molecule has 0 atom stereocenters. The third-order valence-corrected chi connectivity index (χ3v) is 6.13. The molecule has 0 saturated carbocycles. The fourth-order valence-corrected chi connectivity index (χ4v) is 4.29. The SMILES string of the molecule is CCCCCSCCCCCCCCCCCCCCSC. The molecule has 134 valence electrons. The first-order valence-electron chi connectivity index (χ1n) is 9.98. The zero-order valence-corrected chi connectivity index (χ0v) is 17.2. The summed E-state index contributed by atoms with van der Waals surface area (Å²) in [6.45, 7) is 2.29. The van der Waals surface area contributed by atoms with Crippen molar-refractivity contribution in [2.75, 3.05) is 23.5 Å². The fraction of sp³-hybridized carbons (Fsp3) is 1.00. The molecule has 0 unspecified atom stereocenters. The molecule has 0 saturated heterocycles. The van der Waals surface area contributed by atoms with Crippen molar-refractivity contribution in [1.82, 2.24) is 0 Å². The largest absolute Gasteiger partial charge is 0.165 e. The molecule has 0 aromatic rings. The van der Waals surface area contributed by atoms with Gasteiger partial charge in [0.05, 0.1) is 0 Å². The minimum atomic E-state index is 1.36. The Bertz CT molecular complexity index is 163. The summed E-state index contributed by atoms with van der Waals surface area (Å²) in [5, 5.41) is 0. The third kappa shape index (κ3) is 20.7. The Morgan fingerprint density at radius 3 is 1.23 bits per heavy atom. The van der Waals surface area contributed by atoms with Crippen LogP contribution in [-0.4, -0.2) is 23.5 Å². The van der Waals surface area contributed by atoms with Gasteiger partial charge in [-0.15, -0.1) is 0 Å². The molecular weight excluding hydrogens is 304 g/mol. The second-order valence-corrected chi connectivity index (χ2v) is 8.77. The molecule has 0 aromatic carbocycles.